The van der Waals surface area contributed by atoms with Crippen molar-refractivity contribution in [2.24, 2.45) is 13.0 Å². The van der Waals surface area contributed by atoms with Crippen molar-refractivity contribution >= 4 is 21.9 Å². The van der Waals surface area contributed by atoms with Crippen molar-refractivity contribution in [3.63, 3.8) is 0 Å². The van der Waals surface area contributed by atoms with Crippen LogP contribution in [0.25, 0.3) is 66.6 Å². The Labute approximate surface area is 271 Å². The molecule has 0 aliphatic carbocycles. The van der Waals surface area contributed by atoms with E-state index < -0.39 is 18.1 Å². The molecule has 2 heterocycles. The van der Waals surface area contributed by atoms with Gasteiger partial charge in [0.15, 0.2) is 5.82 Å². The van der Waals surface area contributed by atoms with Crippen molar-refractivity contribution in [2.45, 2.75) is 27.1 Å². The third kappa shape index (κ3) is 5.14. The second kappa shape index (κ2) is 11.8. The molecule has 2 aromatic heterocycles. The quantitative estimate of drug-likeness (QED) is 0.177. The van der Waals surface area contributed by atoms with Gasteiger partial charge in [-0.2, -0.15) is 9.83 Å². The Morgan fingerprint density at radius 1 is 0.761 bits per heavy atom. The predicted molar refractivity (Wildman–Crippen MR) is 185 cm³/mol. The van der Waals surface area contributed by atoms with Gasteiger partial charge in [-0.3, -0.25) is 0 Å². The Balaban J connectivity index is 1.36. The molecule has 0 N–H and O–H groups in total. The van der Waals surface area contributed by atoms with Crippen LogP contribution in [0.4, 0.5) is 4.39 Å². The zero-order chi connectivity index (χ0) is 33.7. The van der Waals surface area contributed by atoms with Crippen LogP contribution in [0.15, 0.2) is 120 Å². The highest BCUT2D eigenvalue weighted by Gasteiger charge is 2.25. The number of halogens is 1. The SMILES string of the molecule is [2H]C([2H])(c1cc(-c2c(C)ccc3c2oc2c(-c4ccc(-c5ccc(-c6ccccc6)cc5)cc4)c(C#N)ccc23)[n+](C)cc1F)C(C)C. The van der Waals surface area contributed by atoms with Crippen LogP contribution in [0.5, 0.6) is 0 Å². The smallest absolute Gasteiger partial charge is 0.216 e. The molecule has 0 atom stereocenters. The Kier molecular flexibility index (Phi) is 6.86. The minimum atomic E-state index is -1.87. The van der Waals surface area contributed by atoms with Gasteiger partial charge in [-0.1, -0.05) is 105 Å². The number of rotatable bonds is 6. The fourth-order valence-corrected chi connectivity index (χ4v) is 6.30. The van der Waals surface area contributed by atoms with Gasteiger partial charge in [0, 0.05) is 30.7 Å². The molecule has 224 valence electrons. The first-order chi connectivity index (χ1) is 23.1. The van der Waals surface area contributed by atoms with E-state index in [4.69, 9.17) is 7.16 Å². The molecule has 7 aromatic rings. The number of aryl methyl sites for hydroxylation is 2. The van der Waals surface area contributed by atoms with Crippen LogP contribution in [-0.2, 0) is 13.4 Å². The van der Waals surface area contributed by atoms with Gasteiger partial charge in [-0.25, -0.2) is 4.39 Å². The highest BCUT2D eigenvalue weighted by Crippen LogP contribution is 2.42. The molecule has 0 unspecified atom stereocenters. The summed E-state index contributed by atoms with van der Waals surface area (Å²) in [6.07, 6.45) is -0.532. The molecular formula is C42H34FN2O+. The molecule has 0 amide bonds. The molecule has 3 nitrogen and oxygen atoms in total. The standard InChI is InChI=1S/C42H34FN2O/c1-26(2)22-34-23-38(45(4)25-37(34)43)39-27(3)10-20-35-36-21-19-33(24-44)40(42(36)46-41(35)39)32-17-15-31(16-18-32)30-13-11-29(12-14-30)28-8-6-5-7-9-28/h5-21,23,25-26H,22H2,1-4H3/q+1/i22D2. The van der Waals surface area contributed by atoms with Crippen molar-refractivity contribution < 1.29 is 16.1 Å². The number of fused-ring (bicyclic) bond motifs is 3. The lowest BCUT2D eigenvalue weighted by molar-refractivity contribution is -0.662. The Bertz CT molecular complexity index is 2370. The molecule has 0 spiro atoms. The van der Waals surface area contributed by atoms with Crippen molar-refractivity contribution in [1.29, 1.82) is 5.26 Å². The molecular weight excluding hydrogens is 567 g/mol. The second-order valence-electron chi connectivity index (χ2n) is 12.1. The molecule has 4 heteroatoms. The normalized spacial score (nSPS) is 12.4. The Morgan fingerprint density at radius 2 is 1.30 bits per heavy atom. The van der Waals surface area contributed by atoms with Crippen molar-refractivity contribution in [3.05, 3.63) is 138 Å². The lowest BCUT2D eigenvalue weighted by atomic mass is 9.94. The van der Waals surface area contributed by atoms with Gasteiger partial charge in [0.1, 0.15) is 18.2 Å². The first-order valence-corrected chi connectivity index (χ1v) is 15.4. The van der Waals surface area contributed by atoms with Crippen LogP contribution in [0.1, 0.15) is 33.3 Å². The summed E-state index contributed by atoms with van der Waals surface area (Å²) in [6.45, 7) is 5.47. The minimum Gasteiger partial charge on any atom is -0.454 e. The number of aromatic nitrogens is 1. The largest absolute Gasteiger partial charge is 0.454 e. The summed E-state index contributed by atoms with van der Waals surface area (Å²) in [6, 6.07) is 38.7. The van der Waals surface area contributed by atoms with E-state index in [2.05, 4.69) is 54.6 Å². The fraction of sp³-hybridized carbons (Fsp3) is 0.143. The maximum atomic E-state index is 15.2. The topological polar surface area (TPSA) is 40.8 Å². The van der Waals surface area contributed by atoms with E-state index in [1.165, 1.54) is 11.8 Å². The number of nitrogens with zero attached hydrogens (tertiary/aromatic N) is 2. The van der Waals surface area contributed by atoms with E-state index >= 15 is 4.39 Å². The van der Waals surface area contributed by atoms with Crippen LogP contribution >= 0.6 is 0 Å². The molecule has 0 fully saturated rings. The molecule has 0 radical (unpaired) electrons. The predicted octanol–water partition coefficient (Wildman–Crippen LogP) is 10.6. The maximum absolute atomic E-state index is 15.2. The highest BCUT2D eigenvalue weighted by atomic mass is 19.1. The zero-order valence-corrected chi connectivity index (χ0v) is 26.2. The zero-order valence-electron chi connectivity index (χ0n) is 28.2. The molecule has 0 aliphatic heterocycles. The Hall–Kier alpha value is -5.53. The summed E-state index contributed by atoms with van der Waals surface area (Å²) >= 11 is 0. The number of pyridine rings is 1. The molecule has 0 saturated heterocycles. The summed E-state index contributed by atoms with van der Waals surface area (Å²) in [5.41, 5.74) is 10.1. The average Bonchev–Trinajstić information content (AvgIpc) is 3.47. The maximum Gasteiger partial charge on any atom is 0.216 e. The van der Waals surface area contributed by atoms with Crippen molar-refractivity contribution in [3.8, 4) is 50.7 Å². The fourth-order valence-electron chi connectivity index (χ4n) is 6.30. The van der Waals surface area contributed by atoms with Crippen LogP contribution in [0, 0.1) is 30.0 Å². The van der Waals surface area contributed by atoms with E-state index in [0.717, 1.165) is 44.2 Å². The first-order valence-electron chi connectivity index (χ1n) is 16.4. The van der Waals surface area contributed by atoms with Gasteiger partial charge in [0.2, 0.25) is 11.9 Å². The summed E-state index contributed by atoms with van der Waals surface area (Å²) in [4.78, 5) is 0. The van der Waals surface area contributed by atoms with Gasteiger partial charge < -0.3 is 4.42 Å². The van der Waals surface area contributed by atoms with E-state index in [9.17, 15) is 5.26 Å². The first kappa shape index (κ1) is 26.8. The van der Waals surface area contributed by atoms with Crippen LogP contribution < -0.4 is 4.57 Å². The van der Waals surface area contributed by atoms with Gasteiger partial charge in [-0.05, 0) is 64.7 Å². The van der Waals surface area contributed by atoms with Crippen LogP contribution in [0.3, 0.4) is 0 Å². The number of furan rings is 1. The molecule has 5 aromatic carbocycles. The van der Waals surface area contributed by atoms with Gasteiger partial charge in [-0.15, -0.1) is 0 Å². The third-order valence-electron chi connectivity index (χ3n) is 8.56. The van der Waals surface area contributed by atoms with Crippen molar-refractivity contribution in [1.82, 2.24) is 0 Å². The summed E-state index contributed by atoms with van der Waals surface area (Å²) in [7, 11) is 1.75. The summed E-state index contributed by atoms with van der Waals surface area (Å²) < 4.78 is 40.9. The number of hydrogen-bond acceptors (Lipinski definition) is 2. The lowest BCUT2D eigenvalue weighted by Crippen LogP contribution is -2.32. The molecule has 0 saturated carbocycles. The van der Waals surface area contributed by atoms with E-state index in [1.54, 1.807) is 31.5 Å². The minimum absolute atomic E-state index is 0.0142. The van der Waals surface area contributed by atoms with Crippen molar-refractivity contribution in [2.75, 3.05) is 0 Å². The summed E-state index contributed by atoms with van der Waals surface area (Å²) in [5.74, 6) is -1.02. The molecule has 0 aliphatic rings. The van der Waals surface area contributed by atoms with E-state index in [0.29, 0.717) is 28.0 Å². The third-order valence-corrected chi connectivity index (χ3v) is 8.56. The average molecular weight is 604 g/mol. The van der Waals surface area contributed by atoms with Gasteiger partial charge in [0.25, 0.3) is 0 Å². The number of hydrogen-bond donors (Lipinski definition) is 0. The van der Waals surface area contributed by atoms with Gasteiger partial charge in [0.05, 0.1) is 17.2 Å². The summed E-state index contributed by atoms with van der Waals surface area (Å²) in [5, 5.41) is 11.9. The highest BCUT2D eigenvalue weighted by molar-refractivity contribution is 6.14. The molecule has 7 rings (SSSR count). The number of benzene rings is 5. The monoisotopic (exact) mass is 603 g/mol. The van der Waals surface area contributed by atoms with Gasteiger partial charge >= 0.3 is 0 Å². The van der Waals surface area contributed by atoms with Crippen LogP contribution in [0.2, 0.25) is 0 Å². The second-order valence-corrected chi connectivity index (χ2v) is 12.1. The lowest BCUT2D eigenvalue weighted by Gasteiger charge is -2.10. The number of nitriles is 1. The Morgan fingerprint density at radius 3 is 1.89 bits per heavy atom. The van der Waals surface area contributed by atoms with E-state index in [-0.39, 0.29) is 5.56 Å². The molecule has 0 bridgehead atoms. The van der Waals surface area contributed by atoms with E-state index in [1.807, 2.05) is 61.5 Å². The molecule has 46 heavy (non-hydrogen) atoms. The van der Waals surface area contributed by atoms with Crippen LogP contribution in [-0.4, -0.2) is 0 Å².